The molecule has 96 valence electrons. The number of nitrogens with one attached hydrogen (secondary N) is 1. The van der Waals surface area contributed by atoms with Gasteiger partial charge in [0.05, 0.1) is 12.5 Å². The van der Waals surface area contributed by atoms with E-state index in [9.17, 15) is 4.79 Å². The Hall–Kier alpha value is -2.11. The van der Waals surface area contributed by atoms with Crippen LogP contribution in [0.25, 0.3) is 6.08 Å². The molecule has 18 heavy (non-hydrogen) atoms. The Kier molecular flexibility index (Phi) is 3.45. The van der Waals surface area contributed by atoms with Crippen LogP contribution in [0.4, 0.5) is 5.82 Å². The van der Waals surface area contributed by atoms with Crippen LogP contribution in [0.15, 0.2) is 18.2 Å². The Morgan fingerprint density at radius 1 is 1.61 bits per heavy atom. The predicted octanol–water partition coefficient (Wildman–Crippen LogP) is 0.971. The summed E-state index contributed by atoms with van der Waals surface area (Å²) in [6.07, 6.45) is 5.08. The maximum Gasteiger partial charge on any atom is 0.314 e. The molecule has 0 aromatic carbocycles. The van der Waals surface area contributed by atoms with Gasteiger partial charge in [-0.1, -0.05) is 0 Å². The van der Waals surface area contributed by atoms with Gasteiger partial charge < -0.3 is 10.2 Å². The highest BCUT2D eigenvalue weighted by atomic mass is 16.5. The number of hydrazine groups is 1. The fraction of sp³-hybridized carbons (Fsp3) is 0.417. The molecule has 0 amide bonds. The van der Waals surface area contributed by atoms with Gasteiger partial charge in [-0.05, 0) is 19.9 Å². The molecule has 1 N–H and O–H groups in total. The summed E-state index contributed by atoms with van der Waals surface area (Å²) >= 11 is 0. The van der Waals surface area contributed by atoms with Gasteiger partial charge in [-0.25, -0.2) is 9.97 Å². The first-order chi connectivity index (χ1) is 8.63. The van der Waals surface area contributed by atoms with E-state index in [-0.39, 0.29) is 11.9 Å². The number of carbonyl (C=O) groups excluding carboxylic acids is 1. The van der Waals surface area contributed by atoms with Crippen LogP contribution in [0.3, 0.4) is 0 Å². The number of aromatic nitrogens is 2. The third-order valence-electron chi connectivity index (χ3n) is 2.75. The molecule has 0 spiro atoms. The number of rotatable bonds is 3. The number of nitrogens with zero attached hydrogens (tertiary/aromatic N) is 3. The first-order valence-electron chi connectivity index (χ1n) is 5.82. The third kappa shape index (κ3) is 2.27. The minimum absolute atomic E-state index is 0.245. The minimum atomic E-state index is -0.347. The van der Waals surface area contributed by atoms with Crippen molar-refractivity contribution in [3.63, 3.8) is 0 Å². The molecule has 1 aromatic rings. The maximum absolute atomic E-state index is 11.7. The second kappa shape index (κ2) is 5.03. The van der Waals surface area contributed by atoms with Gasteiger partial charge in [0.2, 0.25) is 0 Å². The van der Waals surface area contributed by atoms with E-state index >= 15 is 0 Å². The zero-order chi connectivity index (χ0) is 13.1. The second-order valence-electron chi connectivity index (χ2n) is 4.05. The summed E-state index contributed by atoms with van der Waals surface area (Å²) in [6, 6.07) is 0. The lowest BCUT2D eigenvalue weighted by Gasteiger charge is -2.29. The van der Waals surface area contributed by atoms with Crippen molar-refractivity contribution < 1.29 is 9.53 Å². The first-order valence-corrected chi connectivity index (χ1v) is 5.82. The van der Waals surface area contributed by atoms with E-state index in [4.69, 9.17) is 4.74 Å². The third-order valence-corrected chi connectivity index (χ3v) is 2.75. The molecular formula is C12H16N4O2. The number of esters is 1. The normalized spacial score (nSPS) is 15.3. The minimum Gasteiger partial charge on any atom is -0.465 e. The van der Waals surface area contributed by atoms with Gasteiger partial charge in [0.25, 0.3) is 0 Å². The molecule has 6 nitrogen and oxygen atoms in total. The average molecular weight is 248 g/mol. The van der Waals surface area contributed by atoms with E-state index < -0.39 is 0 Å². The summed E-state index contributed by atoms with van der Waals surface area (Å²) in [7, 11) is 1.84. The molecule has 0 saturated carbocycles. The van der Waals surface area contributed by atoms with Crippen molar-refractivity contribution in [3.8, 4) is 0 Å². The van der Waals surface area contributed by atoms with Crippen molar-refractivity contribution >= 4 is 17.9 Å². The molecule has 0 bridgehead atoms. The fourth-order valence-corrected chi connectivity index (χ4v) is 1.78. The number of carbonyl (C=O) groups is 1. The molecule has 2 rings (SSSR count). The van der Waals surface area contributed by atoms with E-state index in [1.165, 1.54) is 6.33 Å². The Morgan fingerprint density at radius 3 is 3.11 bits per heavy atom. The van der Waals surface area contributed by atoms with Gasteiger partial charge in [0.15, 0.2) is 5.82 Å². The predicted molar refractivity (Wildman–Crippen MR) is 67.3 cm³/mol. The summed E-state index contributed by atoms with van der Waals surface area (Å²) in [5, 5.41) is 1.77. The average Bonchev–Trinajstić information content (AvgIpc) is 2.38. The smallest absolute Gasteiger partial charge is 0.314 e. The number of anilines is 1. The van der Waals surface area contributed by atoms with Crippen molar-refractivity contribution in [3.05, 3.63) is 23.8 Å². The number of hydrogen-bond donors (Lipinski definition) is 1. The highest BCUT2D eigenvalue weighted by Gasteiger charge is 2.24. The largest absolute Gasteiger partial charge is 0.465 e. The van der Waals surface area contributed by atoms with Gasteiger partial charge in [-0.15, -0.1) is 0 Å². The van der Waals surface area contributed by atoms with Crippen molar-refractivity contribution in [1.29, 1.82) is 0 Å². The van der Waals surface area contributed by atoms with Gasteiger partial charge in [-0.2, -0.15) is 0 Å². The molecule has 0 radical (unpaired) electrons. The number of fused-ring (bicyclic) bond motifs is 1. The van der Waals surface area contributed by atoms with E-state index in [1.807, 2.05) is 13.1 Å². The van der Waals surface area contributed by atoms with Gasteiger partial charge in [0, 0.05) is 24.5 Å². The van der Waals surface area contributed by atoms with E-state index in [0.717, 1.165) is 17.1 Å². The molecule has 1 unspecified atom stereocenters. The van der Waals surface area contributed by atoms with Crippen LogP contribution in [0.1, 0.15) is 19.4 Å². The molecular weight excluding hydrogens is 232 g/mol. The van der Waals surface area contributed by atoms with Crippen LogP contribution in [0.2, 0.25) is 0 Å². The maximum atomic E-state index is 11.7. The molecule has 1 aliphatic rings. The van der Waals surface area contributed by atoms with Crippen molar-refractivity contribution in [2.75, 3.05) is 18.7 Å². The monoisotopic (exact) mass is 248 g/mol. The summed E-state index contributed by atoms with van der Waals surface area (Å²) in [5.74, 6) is 0.190. The summed E-state index contributed by atoms with van der Waals surface area (Å²) < 4.78 is 5.01. The SMILES string of the molecule is CCOC(=O)C(C)C1=Cc2cncnc2N(C)N1. The zero-order valence-corrected chi connectivity index (χ0v) is 10.7. The molecule has 1 aromatic heterocycles. The lowest BCUT2D eigenvalue weighted by Crippen LogP contribution is -2.40. The van der Waals surface area contributed by atoms with Gasteiger partial charge in [0.1, 0.15) is 6.33 Å². The standard InChI is InChI=1S/C12H16N4O2/c1-4-18-12(17)8(2)10-5-9-6-13-7-14-11(9)16(3)15-10/h5-8,15H,4H2,1-3H3. The Balaban J connectivity index is 2.26. The fourth-order valence-electron chi connectivity index (χ4n) is 1.78. The number of hydrogen-bond acceptors (Lipinski definition) is 6. The molecule has 0 saturated heterocycles. The molecule has 1 atom stereocenters. The van der Waals surface area contributed by atoms with Gasteiger partial charge in [-0.3, -0.25) is 9.80 Å². The zero-order valence-electron chi connectivity index (χ0n) is 10.7. The Morgan fingerprint density at radius 2 is 2.39 bits per heavy atom. The molecule has 2 heterocycles. The van der Waals surface area contributed by atoms with Crippen LogP contribution in [0, 0.1) is 5.92 Å². The molecule has 1 aliphatic heterocycles. The van der Waals surface area contributed by atoms with Crippen molar-refractivity contribution in [1.82, 2.24) is 15.4 Å². The van der Waals surface area contributed by atoms with E-state index in [1.54, 1.807) is 25.1 Å². The van der Waals surface area contributed by atoms with E-state index in [2.05, 4.69) is 15.4 Å². The molecule has 6 heteroatoms. The topological polar surface area (TPSA) is 67.3 Å². The Bertz CT molecular complexity index is 487. The second-order valence-corrected chi connectivity index (χ2v) is 4.05. The van der Waals surface area contributed by atoms with Crippen LogP contribution >= 0.6 is 0 Å². The molecule has 0 fully saturated rings. The van der Waals surface area contributed by atoms with Crippen molar-refractivity contribution in [2.24, 2.45) is 5.92 Å². The van der Waals surface area contributed by atoms with Crippen LogP contribution in [0.5, 0.6) is 0 Å². The van der Waals surface area contributed by atoms with Crippen molar-refractivity contribution in [2.45, 2.75) is 13.8 Å². The lowest BCUT2D eigenvalue weighted by molar-refractivity contribution is -0.146. The number of ether oxygens (including phenoxy) is 1. The summed E-state index contributed by atoms with van der Waals surface area (Å²) in [4.78, 5) is 19.9. The summed E-state index contributed by atoms with van der Waals surface area (Å²) in [6.45, 7) is 3.98. The van der Waals surface area contributed by atoms with Crippen LogP contribution in [-0.4, -0.2) is 29.6 Å². The van der Waals surface area contributed by atoms with Crippen LogP contribution in [-0.2, 0) is 9.53 Å². The van der Waals surface area contributed by atoms with E-state index in [0.29, 0.717) is 6.61 Å². The Labute approximate surface area is 106 Å². The molecule has 0 aliphatic carbocycles. The van der Waals surface area contributed by atoms with Gasteiger partial charge >= 0.3 is 5.97 Å². The highest BCUT2D eigenvalue weighted by Crippen LogP contribution is 2.24. The highest BCUT2D eigenvalue weighted by molar-refractivity contribution is 5.79. The quantitative estimate of drug-likeness (QED) is 0.804. The van der Waals surface area contributed by atoms with Crippen LogP contribution < -0.4 is 10.4 Å². The lowest BCUT2D eigenvalue weighted by atomic mass is 10.1. The first kappa shape index (κ1) is 12.3. The summed E-state index contributed by atoms with van der Waals surface area (Å²) in [5.41, 5.74) is 4.77.